The molecule has 1 heterocycles. The van der Waals surface area contributed by atoms with Crippen LogP contribution in [0, 0.1) is 0 Å². The van der Waals surface area contributed by atoms with E-state index in [-0.39, 0.29) is 23.4 Å². The van der Waals surface area contributed by atoms with Gasteiger partial charge in [-0.15, -0.1) is 0 Å². The molecular formula is C31H33NO6. The van der Waals surface area contributed by atoms with Crippen molar-refractivity contribution in [1.82, 2.24) is 0 Å². The molecule has 1 N–H and O–H groups in total. The summed E-state index contributed by atoms with van der Waals surface area (Å²) in [6.45, 7) is 7.88. The predicted molar refractivity (Wildman–Crippen MR) is 147 cm³/mol. The molecule has 1 unspecified atom stereocenters. The summed E-state index contributed by atoms with van der Waals surface area (Å²) in [6.07, 6.45) is -0.0630. The highest BCUT2D eigenvalue weighted by molar-refractivity contribution is 6.51. The van der Waals surface area contributed by atoms with E-state index < -0.39 is 17.7 Å². The fourth-order valence-corrected chi connectivity index (χ4v) is 4.68. The first-order valence-corrected chi connectivity index (χ1v) is 12.6. The second-order valence-electron chi connectivity index (χ2n) is 9.72. The molecule has 4 rings (SSSR count). The molecule has 198 valence electrons. The summed E-state index contributed by atoms with van der Waals surface area (Å²) in [5.41, 5.74) is 2.46. The van der Waals surface area contributed by atoms with Crippen molar-refractivity contribution < 1.29 is 28.9 Å². The van der Waals surface area contributed by atoms with E-state index in [1.54, 1.807) is 62.8 Å². The van der Waals surface area contributed by atoms with Crippen molar-refractivity contribution in [1.29, 1.82) is 0 Å². The predicted octanol–water partition coefficient (Wildman–Crippen LogP) is 6.24. The van der Waals surface area contributed by atoms with Gasteiger partial charge in [0, 0.05) is 11.3 Å². The number of aliphatic hydroxyl groups excluding tert-OH is 1. The number of carbonyl (C=O) groups is 2. The maximum Gasteiger partial charge on any atom is 0.300 e. The summed E-state index contributed by atoms with van der Waals surface area (Å²) in [6, 6.07) is 18.5. The Morgan fingerprint density at radius 2 is 1.58 bits per heavy atom. The van der Waals surface area contributed by atoms with E-state index in [1.807, 2.05) is 45.9 Å². The van der Waals surface area contributed by atoms with Gasteiger partial charge in [0.1, 0.15) is 23.0 Å². The fraction of sp³-hybridized carbons (Fsp3) is 0.290. The molecule has 38 heavy (non-hydrogen) atoms. The summed E-state index contributed by atoms with van der Waals surface area (Å²) in [4.78, 5) is 28.4. The van der Waals surface area contributed by atoms with Crippen LogP contribution in [0.15, 0.2) is 72.3 Å². The van der Waals surface area contributed by atoms with Gasteiger partial charge in [0.15, 0.2) is 0 Å². The summed E-state index contributed by atoms with van der Waals surface area (Å²) < 4.78 is 16.6. The number of ether oxygens (including phenoxy) is 3. The molecule has 1 aliphatic heterocycles. The standard InChI is InChI=1S/C31H33NO6/c1-18(2)25-17-21(10-15-26(25)37-6)29(33)27-28(20-8-7-9-24(16-20)38-19(3)4)32(31(35)30(27)34)22-11-13-23(36-5)14-12-22/h7-19,28,33H,1-6H3/b29-27+. The zero-order chi connectivity index (χ0) is 27.6. The van der Waals surface area contributed by atoms with Crippen molar-refractivity contribution >= 4 is 23.1 Å². The van der Waals surface area contributed by atoms with E-state index in [2.05, 4.69) is 0 Å². The summed E-state index contributed by atoms with van der Waals surface area (Å²) in [5.74, 6) is 0.280. The van der Waals surface area contributed by atoms with Crippen molar-refractivity contribution in [3.63, 3.8) is 0 Å². The molecule has 0 bridgehead atoms. The van der Waals surface area contributed by atoms with Crippen LogP contribution in [0.2, 0.25) is 0 Å². The minimum atomic E-state index is -0.872. The van der Waals surface area contributed by atoms with Crippen LogP contribution in [0.25, 0.3) is 5.76 Å². The van der Waals surface area contributed by atoms with Crippen LogP contribution in [-0.2, 0) is 9.59 Å². The highest BCUT2D eigenvalue weighted by atomic mass is 16.5. The molecule has 0 saturated carbocycles. The molecule has 1 aliphatic rings. The Hall–Kier alpha value is -4.26. The number of hydrogen-bond donors (Lipinski definition) is 1. The molecule has 0 radical (unpaired) electrons. The lowest BCUT2D eigenvalue weighted by atomic mass is 9.93. The fourth-order valence-electron chi connectivity index (χ4n) is 4.68. The van der Waals surface area contributed by atoms with Crippen LogP contribution < -0.4 is 19.1 Å². The molecule has 0 aromatic heterocycles. The lowest BCUT2D eigenvalue weighted by molar-refractivity contribution is -0.132. The number of Topliss-reactive ketones (excluding diaryl/α,β-unsaturated/α-hetero) is 1. The molecule has 7 nitrogen and oxygen atoms in total. The van der Waals surface area contributed by atoms with Gasteiger partial charge in [0.05, 0.1) is 31.9 Å². The molecule has 3 aromatic carbocycles. The van der Waals surface area contributed by atoms with Crippen LogP contribution >= 0.6 is 0 Å². The smallest absolute Gasteiger partial charge is 0.300 e. The highest BCUT2D eigenvalue weighted by Gasteiger charge is 2.47. The number of hydrogen-bond acceptors (Lipinski definition) is 6. The minimum Gasteiger partial charge on any atom is -0.507 e. The Morgan fingerprint density at radius 3 is 2.18 bits per heavy atom. The molecule has 1 fully saturated rings. The Bertz CT molecular complexity index is 1370. The minimum absolute atomic E-state index is 0.00684. The summed E-state index contributed by atoms with van der Waals surface area (Å²) in [5, 5.41) is 11.6. The van der Waals surface area contributed by atoms with Gasteiger partial charge in [-0.1, -0.05) is 26.0 Å². The average Bonchev–Trinajstić information content (AvgIpc) is 3.17. The van der Waals surface area contributed by atoms with Crippen molar-refractivity contribution in [2.45, 2.75) is 45.8 Å². The molecular weight excluding hydrogens is 482 g/mol. The van der Waals surface area contributed by atoms with E-state index in [0.717, 1.165) is 5.56 Å². The van der Waals surface area contributed by atoms with Crippen LogP contribution in [0.3, 0.4) is 0 Å². The third-order valence-corrected chi connectivity index (χ3v) is 6.47. The lowest BCUT2D eigenvalue weighted by Crippen LogP contribution is -2.29. The number of methoxy groups -OCH3 is 2. The van der Waals surface area contributed by atoms with Gasteiger partial charge in [-0.2, -0.15) is 0 Å². The maximum atomic E-state index is 13.5. The normalized spacial score (nSPS) is 16.8. The monoisotopic (exact) mass is 515 g/mol. The number of benzene rings is 3. The van der Waals surface area contributed by atoms with Gasteiger partial charge in [-0.25, -0.2) is 0 Å². The number of carbonyl (C=O) groups excluding carboxylic acids is 2. The van der Waals surface area contributed by atoms with Gasteiger partial charge in [-0.3, -0.25) is 14.5 Å². The van der Waals surface area contributed by atoms with Crippen molar-refractivity contribution in [3.8, 4) is 17.2 Å². The van der Waals surface area contributed by atoms with E-state index in [4.69, 9.17) is 14.2 Å². The summed E-state index contributed by atoms with van der Waals surface area (Å²) in [7, 11) is 3.15. The van der Waals surface area contributed by atoms with Crippen molar-refractivity contribution in [2.75, 3.05) is 19.1 Å². The quantitative estimate of drug-likeness (QED) is 0.217. The number of ketones is 1. The number of amides is 1. The first-order valence-electron chi connectivity index (χ1n) is 12.6. The molecule has 0 aliphatic carbocycles. The molecule has 7 heteroatoms. The molecule has 3 aromatic rings. The number of nitrogens with zero attached hydrogens (tertiary/aromatic N) is 1. The SMILES string of the molecule is COc1ccc(N2C(=O)C(=O)/C(=C(/O)c3ccc(OC)c(C(C)C)c3)C2c2cccc(OC(C)C)c2)cc1. The first-order chi connectivity index (χ1) is 18.2. The average molecular weight is 516 g/mol. The largest absolute Gasteiger partial charge is 0.507 e. The van der Waals surface area contributed by atoms with E-state index in [9.17, 15) is 14.7 Å². The third-order valence-electron chi connectivity index (χ3n) is 6.47. The zero-order valence-electron chi connectivity index (χ0n) is 22.5. The van der Waals surface area contributed by atoms with E-state index >= 15 is 0 Å². The van der Waals surface area contributed by atoms with Crippen LogP contribution in [0.4, 0.5) is 5.69 Å². The summed E-state index contributed by atoms with van der Waals surface area (Å²) >= 11 is 0. The maximum absolute atomic E-state index is 13.5. The highest BCUT2D eigenvalue weighted by Crippen LogP contribution is 2.43. The van der Waals surface area contributed by atoms with Crippen LogP contribution in [0.5, 0.6) is 17.2 Å². The van der Waals surface area contributed by atoms with Crippen LogP contribution in [-0.4, -0.2) is 37.1 Å². The number of rotatable bonds is 8. The Morgan fingerprint density at radius 1 is 0.868 bits per heavy atom. The Kier molecular flexibility index (Phi) is 7.76. The Balaban J connectivity index is 1.93. The molecule has 0 spiro atoms. The van der Waals surface area contributed by atoms with Gasteiger partial charge in [-0.05, 0) is 85.5 Å². The molecule has 1 atom stereocenters. The lowest BCUT2D eigenvalue weighted by Gasteiger charge is -2.26. The first kappa shape index (κ1) is 26.8. The van der Waals surface area contributed by atoms with Crippen molar-refractivity contribution in [2.24, 2.45) is 0 Å². The topological polar surface area (TPSA) is 85.3 Å². The van der Waals surface area contributed by atoms with Crippen molar-refractivity contribution in [3.05, 3.63) is 89.0 Å². The van der Waals surface area contributed by atoms with Gasteiger partial charge in [0.2, 0.25) is 0 Å². The molecule has 1 saturated heterocycles. The zero-order valence-corrected chi connectivity index (χ0v) is 22.5. The van der Waals surface area contributed by atoms with E-state index in [1.165, 1.54) is 4.90 Å². The Labute approximate surface area is 223 Å². The van der Waals surface area contributed by atoms with Gasteiger partial charge >= 0.3 is 0 Å². The van der Waals surface area contributed by atoms with E-state index in [0.29, 0.717) is 34.1 Å². The second kappa shape index (κ2) is 11.0. The third kappa shape index (κ3) is 5.09. The van der Waals surface area contributed by atoms with Gasteiger partial charge < -0.3 is 19.3 Å². The second-order valence-corrected chi connectivity index (χ2v) is 9.72. The number of aliphatic hydroxyl groups is 1. The van der Waals surface area contributed by atoms with Gasteiger partial charge in [0.25, 0.3) is 11.7 Å². The number of anilines is 1. The van der Waals surface area contributed by atoms with Crippen LogP contribution in [0.1, 0.15) is 56.3 Å². The molecule has 1 amide bonds.